The molecule has 0 saturated carbocycles. The van der Waals surface area contributed by atoms with Crippen molar-refractivity contribution in [3.63, 3.8) is 0 Å². The Morgan fingerprint density at radius 2 is 2.06 bits per heavy atom. The molecule has 2 heterocycles. The summed E-state index contributed by atoms with van der Waals surface area (Å²) >= 11 is 5.82. The standard InChI is InChI=1S/C11H15ClN2O3/c12-10-2-1-8(11(15)16)9(13-10)7-14-3-5-17-6-4-14/h1-2,11,15-16H,3-7H2. The average molecular weight is 259 g/mol. The van der Waals surface area contributed by atoms with Gasteiger partial charge in [0.05, 0.1) is 18.9 Å². The summed E-state index contributed by atoms with van der Waals surface area (Å²) in [4.78, 5) is 6.30. The highest BCUT2D eigenvalue weighted by atomic mass is 35.5. The van der Waals surface area contributed by atoms with Gasteiger partial charge in [-0.25, -0.2) is 4.98 Å². The summed E-state index contributed by atoms with van der Waals surface area (Å²) in [6.07, 6.45) is -1.52. The third kappa shape index (κ3) is 3.37. The third-order valence-corrected chi connectivity index (χ3v) is 2.94. The van der Waals surface area contributed by atoms with E-state index in [9.17, 15) is 10.2 Å². The minimum absolute atomic E-state index is 0.359. The minimum atomic E-state index is -1.52. The van der Waals surface area contributed by atoms with Gasteiger partial charge in [-0.15, -0.1) is 0 Å². The van der Waals surface area contributed by atoms with E-state index in [4.69, 9.17) is 16.3 Å². The van der Waals surface area contributed by atoms with E-state index in [1.54, 1.807) is 12.1 Å². The molecule has 1 aromatic heterocycles. The molecule has 0 spiro atoms. The molecule has 1 aliphatic heterocycles. The van der Waals surface area contributed by atoms with Crippen molar-refractivity contribution in [2.45, 2.75) is 12.8 Å². The van der Waals surface area contributed by atoms with Crippen LogP contribution in [0.5, 0.6) is 0 Å². The van der Waals surface area contributed by atoms with Crippen LogP contribution in [-0.4, -0.2) is 46.4 Å². The van der Waals surface area contributed by atoms with E-state index in [0.29, 0.717) is 36.2 Å². The first-order valence-electron chi connectivity index (χ1n) is 5.48. The summed E-state index contributed by atoms with van der Waals surface area (Å²) < 4.78 is 5.25. The first-order valence-corrected chi connectivity index (χ1v) is 5.86. The average Bonchev–Trinajstić information content (AvgIpc) is 2.30. The van der Waals surface area contributed by atoms with Gasteiger partial charge in [0.2, 0.25) is 0 Å². The van der Waals surface area contributed by atoms with E-state index < -0.39 is 6.29 Å². The molecule has 0 radical (unpaired) electrons. The number of rotatable bonds is 3. The molecule has 94 valence electrons. The Labute approximate surface area is 105 Å². The van der Waals surface area contributed by atoms with E-state index in [-0.39, 0.29) is 0 Å². The largest absolute Gasteiger partial charge is 0.379 e. The number of hydrogen-bond donors (Lipinski definition) is 2. The quantitative estimate of drug-likeness (QED) is 0.612. The maximum absolute atomic E-state index is 9.25. The topological polar surface area (TPSA) is 65.8 Å². The van der Waals surface area contributed by atoms with Gasteiger partial charge in [0.25, 0.3) is 0 Å². The van der Waals surface area contributed by atoms with Gasteiger partial charge in [0.15, 0.2) is 6.29 Å². The molecular formula is C11H15ClN2O3. The molecule has 5 nitrogen and oxygen atoms in total. The zero-order chi connectivity index (χ0) is 12.3. The molecule has 1 fully saturated rings. The van der Waals surface area contributed by atoms with Crippen molar-refractivity contribution in [2.24, 2.45) is 0 Å². The Hall–Kier alpha value is -0.720. The molecule has 17 heavy (non-hydrogen) atoms. The van der Waals surface area contributed by atoms with E-state index in [1.165, 1.54) is 0 Å². The van der Waals surface area contributed by atoms with Gasteiger partial charge in [0, 0.05) is 25.2 Å². The normalized spacial score (nSPS) is 17.6. The number of halogens is 1. The zero-order valence-corrected chi connectivity index (χ0v) is 10.1. The van der Waals surface area contributed by atoms with Crippen molar-refractivity contribution in [3.05, 3.63) is 28.5 Å². The lowest BCUT2D eigenvalue weighted by Gasteiger charge is -2.27. The van der Waals surface area contributed by atoms with E-state index in [0.717, 1.165) is 13.1 Å². The monoisotopic (exact) mass is 258 g/mol. The van der Waals surface area contributed by atoms with Crippen molar-refractivity contribution in [1.29, 1.82) is 0 Å². The van der Waals surface area contributed by atoms with Crippen molar-refractivity contribution in [2.75, 3.05) is 26.3 Å². The number of aromatic nitrogens is 1. The highest BCUT2D eigenvalue weighted by Crippen LogP contribution is 2.19. The van der Waals surface area contributed by atoms with Gasteiger partial charge in [-0.2, -0.15) is 0 Å². The first kappa shape index (κ1) is 12.7. The van der Waals surface area contributed by atoms with Crippen LogP contribution in [0.2, 0.25) is 5.15 Å². The molecule has 0 atom stereocenters. The van der Waals surface area contributed by atoms with Crippen LogP contribution in [0.3, 0.4) is 0 Å². The van der Waals surface area contributed by atoms with Crippen LogP contribution in [0.25, 0.3) is 0 Å². The van der Waals surface area contributed by atoms with Crippen LogP contribution in [0.15, 0.2) is 12.1 Å². The van der Waals surface area contributed by atoms with Gasteiger partial charge in [-0.1, -0.05) is 11.6 Å². The highest BCUT2D eigenvalue weighted by Gasteiger charge is 2.16. The predicted molar refractivity (Wildman–Crippen MR) is 62.5 cm³/mol. The van der Waals surface area contributed by atoms with Crippen molar-refractivity contribution in [3.8, 4) is 0 Å². The summed E-state index contributed by atoms with van der Waals surface area (Å²) in [6.45, 7) is 3.57. The molecule has 1 aromatic rings. The second kappa shape index (κ2) is 5.75. The number of ether oxygens (including phenoxy) is 1. The molecule has 0 aliphatic carbocycles. The number of aliphatic hydroxyl groups is 2. The van der Waals surface area contributed by atoms with Gasteiger partial charge >= 0.3 is 0 Å². The van der Waals surface area contributed by atoms with E-state index in [1.807, 2.05) is 0 Å². The smallest absolute Gasteiger partial charge is 0.180 e. The Kier molecular flexibility index (Phi) is 4.31. The summed E-state index contributed by atoms with van der Waals surface area (Å²) in [7, 11) is 0. The summed E-state index contributed by atoms with van der Waals surface area (Å²) in [5, 5.41) is 18.9. The minimum Gasteiger partial charge on any atom is -0.379 e. The Bertz CT molecular complexity index is 381. The number of nitrogens with zero attached hydrogens (tertiary/aromatic N) is 2. The number of aliphatic hydroxyl groups excluding tert-OH is 1. The number of morpholine rings is 1. The summed E-state index contributed by atoms with van der Waals surface area (Å²) in [6, 6.07) is 3.15. The Morgan fingerprint density at radius 1 is 1.35 bits per heavy atom. The zero-order valence-electron chi connectivity index (χ0n) is 9.34. The molecular weight excluding hydrogens is 244 g/mol. The Morgan fingerprint density at radius 3 is 2.71 bits per heavy atom. The summed E-state index contributed by atoms with van der Waals surface area (Å²) in [5.74, 6) is 0. The number of hydrogen-bond acceptors (Lipinski definition) is 5. The third-order valence-electron chi connectivity index (χ3n) is 2.73. The predicted octanol–water partition coefficient (Wildman–Crippen LogP) is 0.550. The highest BCUT2D eigenvalue weighted by molar-refractivity contribution is 6.29. The molecule has 2 N–H and O–H groups in total. The fraction of sp³-hybridized carbons (Fsp3) is 0.545. The van der Waals surface area contributed by atoms with Gasteiger partial charge in [0.1, 0.15) is 5.15 Å². The Balaban J connectivity index is 2.14. The van der Waals surface area contributed by atoms with Crippen LogP contribution < -0.4 is 0 Å². The molecule has 1 saturated heterocycles. The maximum atomic E-state index is 9.25. The summed E-state index contributed by atoms with van der Waals surface area (Å²) in [5.41, 5.74) is 1.01. The molecule has 2 rings (SSSR count). The van der Waals surface area contributed by atoms with Crippen LogP contribution >= 0.6 is 11.6 Å². The fourth-order valence-electron chi connectivity index (χ4n) is 1.82. The lowest BCUT2D eigenvalue weighted by atomic mass is 10.1. The lowest BCUT2D eigenvalue weighted by Crippen LogP contribution is -2.36. The van der Waals surface area contributed by atoms with Gasteiger partial charge in [-0.05, 0) is 12.1 Å². The van der Waals surface area contributed by atoms with E-state index >= 15 is 0 Å². The lowest BCUT2D eigenvalue weighted by molar-refractivity contribution is -0.0442. The second-order valence-electron chi connectivity index (χ2n) is 3.93. The molecule has 0 unspecified atom stereocenters. The maximum Gasteiger partial charge on any atom is 0.180 e. The van der Waals surface area contributed by atoms with Crippen molar-refractivity contribution in [1.82, 2.24) is 9.88 Å². The molecule has 0 aromatic carbocycles. The van der Waals surface area contributed by atoms with E-state index in [2.05, 4.69) is 9.88 Å². The van der Waals surface area contributed by atoms with Crippen LogP contribution in [0, 0.1) is 0 Å². The first-order chi connectivity index (χ1) is 8.16. The van der Waals surface area contributed by atoms with Crippen molar-refractivity contribution < 1.29 is 14.9 Å². The number of pyridine rings is 1. The van der Waals surface area contributed by atoms with Crippen molar-refractivity contribution >= 4 is 11.6 Å². The van der Waals surface area contributed by atoms with Gasteiger partial charge < -0.3 is 14.9 Å². The molecule has 0 bridgehead atoms. The van der Waals surface area contributed by atoms with Crippen LogP contribution in [0.4, 0.5) is 0 Å². The second-order valence-corrected chi connectivity index (χ2v) is 4.32. The van der Waals surface area contributed by atoms with Crippen LogP contribution in [0.1, 0.15) is 17.5 Å². The fourth-order valence-corrected chi connectivity index (χ4v) is 1.98. The molecule has 6 heteroatoms. The van der Waals surface area contributed by atoms with Gasteiger partial charge in [-0.3, -0.25) is 4.90 Å². The SMILES string of the molecule is OC(O)c1ccc(Cl)nc1CN1CCOCC1. The molecule has 0 amide bonds. The molecule has 1 aliphatic rings. The van der Waals surface area contributed by atoms with Crippen LogP contribution in [-0.2, 0) is 11.3 Å².